The van der Waals surface area contributed by atoms with E-state index >= 15 is 0 Å². The van der Waals surface area contributed by atoms with Crippen molar-refractivity contribution in [3.63, 3.8) is 0 Å². The molecule has 0 saturated heterocycles. The summed E-state index contributed by atoms with van der Waals surface area (Å²) >= 11 is 1.38. The van der Waals surface area contributed by atoms with E-state index in [1.54, 1.807) is 18.5 Å². The largest absolute Gasteiger partial charge is 0.351 e. The molecular formula is C13H16N4O2S. The Balaban J connectivity index is 1.69. The van der Waals surface area contributed by atoms with Gasteiger partial charge in [0, 0.05) is 24.7 Å². The number of amides is 2. The molecule has 1 atom stereocenters. The second-order valence-corrected chi connectivity index (χ2v) is 5.25. The number of thiophene rings is 1. The molecule has 0 aromatic carbocycles. The number of carbonyl (C=O) groups excluding carboxylic acids is 2. The minimum atomic E-state index is -0.143. The second kappa shape index (κ2) is 6.85. The van der Waals surface area contributed by atoms with Crippen molar-refractivity contribution in [2.45, 2.75) is 19.4 Å². The van der Waals surface area contributed by atoms with Crippen LogP contribution in [0.2, 0.25) is 0 Å². The number of rotatable bonds is 6. The molecule has 2 amide bonds. The van der Waals surface area contributed by atoms with Gasteiger partial charge < -0.3 is 10.6 Å². The first-order chi connectivity index (χ1) is 9.66. The maximum atomic E-state index is 11.7. The predicted molar refractivity (Wildman–Crippen MR) is 76.4 cm³/mol. The summed E-state index contributed by atoms with van der Waals surface area (Å²) in [5.41, 5.74) is 0.918. The molecule has 2 heterocycles. The van der Waals surface area contributed by atoms with E-state index in [2.05, 4.69) is 20.8 Å². The van der Waals surface area contributed by atoms with Crippen LogP contribution in [-0.2, 0) is 4.79 Å². The van der Waals surface area contributed by atoms with E-state index in [0.717, 1.165) is 5.56 Å². The molecule has 7 heteroatoms. The van der Waals surface area contributed by atoms with Crippen LogP contribution >= 0.6 is 11.3 Å². The van der Waals surface area contributed by atoms with Crippen LogP contribution in [0.15, 0.2) is 29.9 Å². The van der Waals surface area contributed by atoms with Gasteiger partial charge in [-0.25, -0.2) is 0 Å². The number of nitrogens with zero attached hydrogens (tertiary/aromatic N) is 1. The zero-order valence-electron chi connectivity index (χ0n) is 11.1. The normalized spacial score (nSPS) is 11.8. The fourth-order valence-electron chi connectivity index (χ4n) is 1.68. The molecule has 2 aromatic heterocycles. The summed E-state index contributed by atoms with van der Waals surface area (Å²) in [6.45, 7) is 2.20. The van der Waals surface area contributed by atoms with Crippen molar-refractivity contribution in [1.82, 2.24) is 20.8 Å². The van der Waals surface area contributed by atoms with Crippen LogP contribution in [0.1, 0.15) is 34.6 Å². The fourth-order valence-corrected chi connectivity index (χ4v) is 2.32. The maximum Gasteiger partial charge on any atom is 0.261 e. The second-order valence-electron chi connectivity index (χ2n) is 4.30. The molecule has 0 aliphatic carbocycles. The highest BCUT2D eigenvalue weighted by Crippen LogP contribution is 2.09. The summed E-state index contributed by atoms with van der Waals surface area (Å²) < 4.78 is 0. The molecule has 6 nitrogen and oxygen atoms in total. The van der Waals surface area contributed by atoms with Gasteiger partial charge in [0.25, 0.3) is 5.91 Å². The number of hydrogen-bond acceptors (Lipinski definition) is 4. The van der Waals surface area contributed by atoms with Crippen molar-refractivity contribution in [3.05, 3.63) is 40.3 Å². The summed E-state index contributed by atoms with van der Waals surface area (Å²) in [5.74, 6) is -0.249. The van der Waals surface area contributed by atoms with Crippen LogP contribution < -0.4 is 10.6 Å². The molecule has 0 aliphatic heterocycles. The number of aromatic amines is 1. The SMILES string of the molecule is CC(NC(=O)CCNC(=O)c1cccs1)c1cn[nH]c1. The van der Waals surface area contributed by atoms with Crippen molar-refractivity contribution in [1.29, 1.82) is 0 Å². The van der Waals surface area contributed by atoms with Crippen LogP contribution in [-0.4, -0.2) is 28.6 Å². The van der Waals surface area contributed by atoms with Crippen LogP contribution in [0.5, 0.6) is 0 Å². The minimum absolute atomic E-state index is 0.103. The standard InChI is InChI=1S/C13H16N4O2S/c1-9(10-7-15-16-8-10)17-12(18)4-5-14-13(19)11-3-2-6-20-11/h2-3,6-9H,4-5H2,1H3,(H,14,19)(H,15,16)(H,17,18). The Morgan fingerprint density at radius 1 is 1.50 bits per heavy atom. The van der Waals surface area contributed by atoms with Gasteiger partial charge in [-0.05, 0) is 18.4 Å². The van der Waals surface area contributed by atoms with Crippen LogP contribution in [0, 0.1) is 0 Å². The number of nitrogens with one attached hydrogen (secondary N) is 3. The van der Waals surface area contributed by atoms with E-state index in [1.165, 1.54) is 11.3 Å². The molecule has 0 bridgehead atoms. The third-order valence-corrected chi connectivity index (χ3v) is 3.65. The summed E-state index contributed by atoms with van der Waals surface area (Å²) in [7, 11) is 0. The topological polar surface area (TPSA) is 86.9 Å². The van der Waals surface area contributed by atoms with E-state index in [0.29, 0.717) is 11.4 Å². The van der Waals surface area contributed by atoms with Crippen molar-refractivity contribution in [2.75, 3.05) is 6.54 Å². The molecule has 20 heavy (non-hydrogen) atoms. The van der Waals surface area contributed by atoms with Gasteiger partial charge in [0.1, 0.15) is 0 Å². The van der Waals surface area contributed by atoms with Gasteiger partial charge in [0.15, 0.2) is 0 Å². The van der Waals surface area contributed by atoms with Crippen molar-refractivity contribution >= 4 is 23.2 Å². The number of carbonyl (C=O) groups is 2. The molecule has 106 valence electrons. The lowest BCUT2D eigenvalue weighted by Crippen LogP contribution is -2.31. The Hall–Kier alpha value is -2.15. The molecule has 0 fully saturated rings. The third-order valence-electron chi connectivity index (χ3n) is 2.78. The lowest BCUT2D eigenvalue weighted by atomic mass is 10.2. The number of hydrogen-bond donors (Lipinski definition) is 3. The van der Waals surface area contributed by atoms with E-state index < -0.39 is 0 Å². The molecular weight excluding hydrogens is 276 g/mol. The van der Waals surface area contributed by atoms with Crippen molar-refractivity contribution in [2.24, 2.45) is 0 Å². The van der Waals surface area contributed by atoms with Gasteiger partial charge in [0.2, 0.25) is 5.91 Å². The van der Waals surface area contributed by atoms with Crippen LogP contribution in [0.25, 0.3) is 0 Å². The smallest absolute Gasteiger partial charge is 0.261 e. The van der Waals surface area contributed by atoms with Gasteiger partial charge in [-0.2, -0.15) is 5.10 Å². The quantitative estimate of drug-likeness (QED) is 0.753. The van der Waals surface area contributed by atoms with Gasteiger partial charge >= 0.3 is 0 Å². The average Bonchev–Trinajstić information content (AvgIpc) is 3.12. The fraction of sp³-hybridized carbons (Fsp3) is 0.308. The van der Waals surface area contributed by atoms with E-state index in [-0.39, 0.29) is 24.3 Å². The first-order valence-corrected chi connectivity index (χ1v) is 7.14. The van der Waals surface area contributed by atoms with Crippen LogP contribution in [0.4, 0.5) is 0 Å². The minimum Gasteiger partial charge on any atom is -0.351 e. The van der Waals surface area contributed by atoms with Gasteiger partial charge in [0.05, 0.1) is 17.1 Å². The Morgan fingerprint density at radius 2 is 2.35 bits per heavy atom. The van der Waals surface area contributed by atoms with Crippen LogP contribution in [0.3, 0.4) is 0 Å². The number of H-pyrrole nitrogens is 1. The summed E-state index contributed by atoms with van der Waals surface area (Å²) in [6.07, 6.45) is 3.66. The lowest BCUT2D eigenvalue weighted by Gasteiger charge is -2.12. The van der Waals surface area contributed by atoms with Gasteiger partial charge in [-0.1, -0.05) is 6.07 Å². The monoisotopic (exact) mass is 292 g/mol. The lowest BCUT2D eigenvalue weighted by molar-refractivity contribution is -0.121. The predicted octanol–water partition coefficient (Wildman–Crippen LogP) is 1.47. The highest BCUT2D eigenvalue weighted by molar-refractivity contribution is 7.12. The third kappa shape index (κ3) is 3.92. The molecule has 3 N–H and O–H groups in total. The zero-order valence-corrected chi connectivity index (χ0v) is 11.9. The average molecular weight is 292 g/mol. The molecule has 0 aliphatic rings. The maximum absolute atomic E-state index is 11.7. The summed E-state index contributed by atoms with van der Waals surface area (Å²) in [5, 5.41) is 13.9. The molecule has 0 spiro atoms. The van der Waals surface area contributed by atoms with Gasteiger partial charge in [-0.3, -0.25) is 14.7 Å². The van der Waals surface area contributed by atoms with E-state index in [1.807, 2.05) is 18.4 Å². The first-order valence-electron chi connectivity index (χ1n) is 6.26. The first kappa shape index (κ1) is 14.3. The molecule has 2 rings (SSSR count). The number of aromatic nitrogens is 2. The molecule has 0 radical (unpaired) electrons. The molecule has 0 saturated carbocycles. The van der Waals surface area contributed by atoms with Crippen molar-refractivity contribution < 1.29 is 9.59 Å². The Labute approximate surface area is 120 Å². The Morgan fingerprint density at radius 3 is 3.00 bits per heavy atom. The molecule has 2 aromatic rings. The van der Waals surface area contributed by atoms with Crippen molar-refractivity contribution in [3.8, 4) is 0 Å². The van der Waals surface area contributed by atoms with E-state index in [4.69, 9.17) is 0 Å². The highest BCUT2D eigenvalue weighted by atomic mass is 32.1. The Bertz CT molecular complexity index is 551. The molecule has 1 unspecified atom stereocenters. The summed E-state index contributed by atoms with van der Waals surface area (Å²) in [4.78, 5) is 24.0. The van der Waals surface area contributed by atoms with Gasteiger partial charge in [-0.15, -0.1) is 11.3 Å². The zero-order chi connectivity index (χ0) is 14.4. The highest BCUT2D eigenvalue weighted by Gasteiger charge is 2.11. The van der Waals surface area contributed by atoms with E-state index in [9.17, 15) is 9.59 Å². The Kier molecular flexibility index (Phi) is 4.89. The summed E-state index contributed by atoms with van der Waals surface area (Å²) in [6, 6.07) is 3.47.